The van der Waals surface area contributed by atoms with Gasteiger partial charge in [0.05, 0.1) is 0 Å². The molecule has 17 heavy (non-hydrogen) atoms. The second-order valence-electron chi connectivity index (χ2n) is 4.02. The van der Waals surface area contributed by atoms with Gasteiger partial charge in [-0.25, -0.2) is 4.79 Å². The topological polar surface area (TPSA) is 42.2 Å². The molecule has 2 aromatic rings. The van der Waals surface area contributed by atoms with Gasteiger partial charge in [0.1, 0.15) is 9.15 Å². The first-order valence-electron chi connectivity index (χ1n) is 5.52. The zero-order valence-electron chi connectivity index (χ0n) is 10.1. The van der Waals surface area contributed by atoms with Gasteiger partial charge in [0.2, 0.25) is 0 Å². The SMILES string of the molecule is CCNc1cc2oc(=O)c(I)c(C)c2cc1C. The summed E-state index contributed by atoms with van der Waals surface area (Å²) in [6, 6.07) is 3.96. The van der Waals surface area contributed by atoms with E-state index in [0.717, 1.165) is 28.7 Å². The average Bonchev–Trinajstić information content (AvgIpc) is 2.29. The molecular formula is C13H14INO2. The summed E-state index contributed by atoms with van der Waals surface area (Å²) in [5.74, 6) is 0. The number of aryl methyl sites for hydroxylation is 2. The Kier molecular flexibility index (Phi) is 3.42. The van der Waals surface area contributed by atoms with Crippen LogP contribution in [0, 0.1) is 17.4 Å². The van der Waals surface area contributed by atoms with Crippen LogP contribution in [0.4, 0.5) is 5.69 Å². The number of hydrogen-bond acceptors (Lipinski definition) is 3. The highest BCUT2D eigenvalue weighted by molar-refractivity contribution is 14.1. The molecule has 4 heteroatoms. The van der Waals surface area contributed by atoms with Crippen molar-refractivity contribution in [1.29, 1.82) is 0 Å². The molecular weight excluding hydrogens is 329 g/mol. The van der Waals surface area contributed by atoms with Crippen LogP contribution in [0.5, 0.6) is 0 Å². The monoisotopic (exact) mass is 343 g/mol. The summed E-state index contributed by atoms with van der Waals surface area (Å²) in [6.45, 7) is 6.89. The van der Waals surface area contributed by atoms with Gasteiger partial charge in [-0.3, -0.25) is 0 Å². The van der Waals surface area contributed by atoms with E-state index in [-0.39, 0.29) is 5.63 Å². The normalized spacial score (nSPS) is 10.8. The van der Waals surface area contributed by atoms with Crippen LogP contribution in [-0.4, -0.2) is 6.54 Å². The lowest BCUT2D eigenvalue weighted by atomic mass is 10.1. The van der Waals surface area contributed by atoms with E-state index in [1.165, 1.54) is 0 Å². The molecule has 0 aliphatic heterocycles. The van der Waals surface area contributed by atoms with E-state index in [2.05, 4.69) is 18.3 Å². The molecule has 2 rings (SSSR count). The molecule has 0 amide bonds. The Hall–Kier alpha value is -1.04. The summed E-state index contributed by atoms with van der Waals surface area (Å²) in [5, 5.41) is 4.27. The van der Waals surface area contributed by atoms with Gasteiger partial charge in [0, 0.05) is 23.7 Å². The Morgan fingerprint density at radius 3 is 2.71 bits per heavy atom. The lowest BCUT2D eigenvalue weighted by Crippen LogP contribution is -2.06. The van der Waals surface area contributed by atoms with Gasteiger partial charge >= 0.3 is 5.63 Å². The maximum Gasteiger partial charge on any atom is 0.350 e. The predicted octanol–water partition coefficient (Wildman–Crippen LogP) is 3.45. The third kappa shape index (κ3) is 2.18. The molecule has 1 aromatic carbocycles. The van der Waals surface area contributed by atoms with Crippen LogP contribution in [0.15, 0.2) is 21.3 Å². The van der Waals surface area contributed by atoms with Crippen molar-refractivity contribution in [3.63, 3.8) is 0 Å². The van der Waals surface area contributed by atoms with Crippen molar-refractivity contribution in [3.8, 4) is 0 Å². The molecule has 1 heterocycles. The number of anilines is 1. The van der Waals surface area contributed by atoms with Gasteiger partial charge in [0.25, 0.3) is 0 Å². The smallest absolute Gasteiger partial charge is 0.350 e. The zero-order chi connectivity index (χ0) is 12.6. The Morgan fingerprint density at radius 1 is 1.35 bits per heavy atom. The van der Waals surface area contributed by atoms with Gasteiger partial charge < -0.3 is 9.73 Å². The van der Waals surface area contributed by atoms with Crippen molar-refractivity contribution in [1.82, 2.24) is 0 Å². The molecule has 0 saturated carbocycles. The summed E-state index contributed by atoms with van der Waals surface area (Å²) in [4.78, 5) is 11.6. The lowest BCUT2D eigenvalue weighted by Gasteiger charge is -2.10. The summed E-state index contributed by atoms with van der Waals surface area (Å²) in [5.41, 5.74) is 3.55. The summed E-state index contributed by atoms with van der Waals surface area (Å²) in [7, 11) is 0. The zero-order valence-corrected chi connectivity index (χ0v) is 12.2. The minimum Gasteiger partial charge on any atom is -0.422 e. The molecule has 0 bridgehead atoms. The largest absolute Gasteiger partial charge is 0.422 e. The molecule has 0 unspecified atom stereocenters. The molecule has 90 valence electrons. The van der Waals surface area contributed by atoms with E-state index in [0.29, 0.717) is 9.15 Å². The van der Waals surface area contributed by atoms with Crippen LogP contribution in [0.3, 0.4) is 0 Å². The Labute approximate surface area is 113 Å². The Bertz CT molecular complexity index is 631. The van der Waals surface area contributed by atoms with E-state index in [9.17, 15) is 4.79 Å². The fraction of sp³-hybridized carbons (Fsp3) is 0.308. The highest BCUT2D eigenvalue weighted by Gasteiger charge is 2.10. The van der Waals surface area contributed by atoms with E-state index in [1.807, 2.05) is 42.5 Å². The van der Waals surface area contributed by atoms with Gasteiger partial charge in [0.15, 0.2) is 0 Å². The maximum atomic E-state index is 11.6. The number of fused-ring (bicyclic) bond motifs is 1. The second-order valence-corrected chi connectivity index (χ2v) is 5.10. The first-order valence-corrected chi connectivity index (χ1v) is 6.60. The van der Waals surface area contributed by atoms with Crippen LogP contribution in [0.2, 0.25) is 0 Å². The van der Waals surface area contributed by atoms with Gasteiger partial charge in [-0.05, 0) is 60.6 Å². The Morgan fingerprint density at radius 2 is 2.06 bits per heavy atom. The lowest BCUT2D eigenvalue weighted by molar-refractivity contribution is 0.554. The molecule has 0 saturated heterocycles. The number of hydrogen-bond donors (Lipinski definition) is 1. The van der Waals surface area contributed by atoms with Crippen LogP contribution in [-0.2, 0) is 0 Å². The van der Waals surface area contributed by atoms with E-state index in [1.54, 1.807) is 0 Å². The van der Waals surface area contributed by atoms with Crippen molar-refractivity contribution in [3.05, 3.63) is 37.2 Å². The molecule has 0 spiro atoms. The van der Waals surface area contributed by atoms with E-state index in [4.69, 9.17) is 4.42 Å². The molecule has 3 nitrogen and oxygen atoms in total. The fourth-order valence-corrected chi connectivity index (χ4v) is 2.26. The quantitative estimate of drug-likeness (QED) is 0.671. The number of halogens is 1. The van der Waals surface area contributed by atoms with Crippen LogP contribution >= 0.6 is 22.6 Å². The minimum atomic E-state index is -0.262. The van der Waals surface area contributed by atoms with E-state index >= 15 is 0 Å². The average molecular weight is 343 g/mol. The third-order valence-electron chi connectivity index (χ3n) is 2.81. The first-order chi connectivity index (χ1) is 8.04. The maximum absolute atomic E-state index is 11.6. The Balaban J connectivity index is 2.79. The van der Waals surface area contributed by atoms with Crippen molar-refractivity contribution in [2.45, 2.75) is 20.8 Å². The van der Waals surface area contributed by atoms with Gasteiger partial charge in [-0.15, -0.1) is 0 Å². The van der Waals surface area contributed by atoms with Crippen molar-refractivity contribution < 1.29 is 4.42 Å². The summed E-state index contributed by atoms with van der Waals surface area (Å²) < 4.78 is 5.97. The van der Waals surface area contributed by atoms with Crippen molar-refractivity contribution in [2.24, 2.45) is 0 Å². The van der Waals surface area contributed by atoms with Gasteiger partial charge in [-0.1, -0.05) is 0 Å². The molecule has 1 N–H and O–H groups in total. The predicted molar refractivity (Wildman–Crippen MR) is 78.8 cm³/mol. The van der Waals surface area contributed by atoms with Crippen molar-refractivity contribution in [2.75, 3.05) is 11.9 Å². The molecule has 1 aromatic heterocycles. The molecule has 0 fully saturated rings. The van der Waals surface area contributed by atoms with Crippen molar-refractivity contribution >= 4 is 39.2 Å². The minimum absolute atomic E-state index is 0.262. The molecule has 0 atom stereocenters. The highest BCUT2D eigenvalue weighted by Crippen LogP contribution is 2.26. The molecule has 0 aliphatic carbocycles. The van der Waals surface area contributed by atoms with Crippen LogP contribution < -0.4 is 10.9 Å². The number of nitrogens with one attached hydrogen (secondary N) is 1. The second kappa shape index (κ2) is 4.68. The first kappa shape index (κ1) is 12.4. The fourth-order valence-electron chi connectivity index (χ4n) is 1.86. The van der Waals surface area contributed by atoms with Crippen LogP contribution in [0.1, 0.15) is 18.1 Å². The standard InChI is InChI=1S/C13H14INO2/c1-4-15-10-6-11-9(5-7(10)2)8(3)12(14)13(16)17-11/h5-6,15H,4H2,1-3H3. The molecule has 0 radical (unpaired) electrons. The van der Waals surface area contributed by atoms with Gasteiger partial charge in [-0.2, -0.15) is 0 Å². The summed E-state index contributed by atoms with van der Waals surface area (Å²) in [6.07, 6.45) is 0. The third-order valence-corrected chi connectivity index (χ3v) is 4.06. The number of benzene rings is 1. The van der Waals surface area contributed by atoms with E-state index < -0.39 is 0 Å². The number of rotatable bonds is 2. The summed E-state index contributed by atoms with van der Waals surface area (Å²) >= 11 is 2.03. The molecule has 0 aliphatic rings. The highest BCUT2D eigenvalue weighted by atomic mass is 127. The van der Waals surface area contributed by atoms with Crippen LogP contribution in [0.25, 0.3) is 11.0 Å².